The molecule has 0 spiro atoms. The fourth-order valence-electron chi connectivity index (χ4n) is 3.22. The van der Waals surface area contributed by atoms with E-state index in [0.29, 0.717) is 5.56 Å². The molecule has 162 valence electrons. The lowest BCUT2D eigenvalue weighted by atomic mass is 10.0. The van der Waals surface area contributed by atoms with Gasteiger partial charge < -0.3 is 5.32 Å². The summed E-state index contributed by atoms with van der Waals surface area (Å²) in [6, 6.07) is 4.04. The largest absolute Gasteiger partial charge is 0.350 e. The minimum absolute atomic E-state index is 0.0185. The Labute approximate surface area is 180 Å². The van der Waals surface area contributed by atoms with Crippen molar-refractivity contribution in [3.05, 3.63) is 57.6 Å². The van der Waals surface area contributed by atoms with E-state index >= 15 is 0 Å². The van der Waals surface area contributed by atoms with Gasteiger partial charge in [-0.05, 0) is 12.1 Å². The SMILES string of the molecule is O=C(NCC(c1cnc(C(F)F)nc1)N1CCC(F)(F)CC1)c1cccc(Cl)c1Cl. The first-order chi connectivity index (χ1) is 14.2. The average molecular weight is 465 g/mol. The van der Waals surface area contributed by atoms with Crippen LogP contribution in [0.2, 0.25) is 10.0 Å². The fraction of sp³-hybridized carbons (Fsp3) is 0.421. The van der Waals surface area contributed by atoms with E-state index < -0.39 is 30.1 Å². The van der Waals surface area contributed by atoms with Gasteiger partial charge in [0.1, 0.15) is 0 Å². The van der Waals surface area contributed by atoms with Crippen LogP contribution in [0.5, 0.6) is 0 Å². The van der Waals surface area contributed by atoms with Gasteiger partial charge in [-0.15, -0.1) is 0 Å². The van der Waals surface area contributed by atoms with E-state index in [9.17, 15) is 22.4 Å². The number of rotatable bonds is 6. The van der Waals surface area contributed by atoms with Crippen molar-refractivity contribution < 1.29 is 22.4 Å². The zero-order valence-electron chi connectivity index (χ0n) is 15.6. The number of likely N-dealkylation sites (tertiary alicyclic amines) is 1. The number of nitrogens with zero attached hydrogens (tertiary/aromatic N) is 3. The predicted molar refractivity (Wildman–Crippen MR) is 104 cm³/mol. The van der Waals surface area contributed by atoms with Gasteiger partial charge in [0.15, 0.2) is 5.82 Å². The first kappa shape index (κ1) is 22.7. The molecule has 1 amide bonds. The normalized spacial score (nSPS) is 17.7. The third kappa shape index (κ3) is 5.39. The Morgan fingerprint density at radius 2 is 1.80 bits per heavy atom. The molecule has 2 heterocycles. The third-order valence-corrected chi connectivity index (χ3v) is 5.71. The summed E-state index contributed by atoms with van der Waals surface area (Å²) in [5, 5.41) is 3.02. The predicted octanol–water partition coefficient (Wildman–Crippen LogP) is 4.92. The highest BCUT2D eigenvalue weighted by atomic mass is 35.5. The topological polar surface area (TPSA) is 58.1 Å². The van der Waals surface area contributed by atoms with Crippen LogP contribution >= 0.6 is 23.2 Å². The van der Waals surface area contributed by atoms with Crippen LogP contribution < -0.4 is 5.32 Å². The summed E-state index contributed by atoms with van der Waals surface area (Å²) in [5.41, 5.74) is 0.597. The highest BCUT2D eigenvalue weighted by molar-refractivity contribution is 6.43. The van der Waals surface area contributed by atoms with E-state index in [1.165, 1.54) is 18.5 Å². The molecule has 2 aromatic rings. The van der Waals surface area contributed by atoms with Crippen molar-refractivity contribution in [2.75, 3.05) is 19.6 Å². The molecule has 11 heteroatoms. The zero-order valence-corrected chi connectivity index (χ0v) is 17.1. The van der Waals surface area contributed by atoms with Crippen LogP contribution in [0.4, 0.5) is 17.6 Å². The van der Waals surface area contributed by atoms with Gasteiger partial charge in [-0.3, -0.25) is 9.69 Å². The molecule has 1 fully saturated rings. The van der Waals surface area contributed by atoms with E-state index in [0.717, 1.165) is 0 Å². The number of halogens is 6. The minimum Gasteiger partial charge on any atom is -0.350 e. The Bertz CT molecular complexity index is 889. The van der Waals surface area contributed by atoms with Crippen molar-refractivity contribution in [2.45, 2.75) is 31.2 Å². The molecule has 30 heavy (non-hydrogen) atoms. The number of alkyl halides is 4. The second-order valence-electron chi connectivity index (χ2n) is 6.89. The Morgan fingerprint density at radius 3 is 2.40 bits per heavy atom. The maximum atomic E-state index is 13.6. The lowest BCUT2D eigenvalue weighted by molar-refractivity contribution is -0.0632. The molecular formula is C19H18Cl2F4N4O. The number of carbonyl (C=O) groups is 1. The quantitative estimate of drug-likeness (QED) is 0.616. The van der Waals surface area contributed by atoms with Crippen LogP contribution in [0.25, 0.3) is 0 Å². The number of nitrogens with one attached hydrogen (secondary N) is 1. The summed E-state index contributed by atoms with van der Waals surface area (Å²) in [4.78, 5) is 21.6. The maximum absolute atomic E-state index is 13.6. The summed E-state index contributed by atoms with van der Waals surface area (Å²) in [6.07, 6.45) is -1.05. The number of hydrogen-bond acceptors (Lipinski definition) is 4. The molecule has 1 saturated heterocycles. The lowest BCUT2D eigenvalue weighted by Gasteiger charge is -2.37. The van der Waals surface area contributed by atoms with Crippen molar-refractivity contribution in [2.24, 2.45) is 0 Å². The Kier molecular flexibility index (Phi) is 7.15. The summed E-state index contributed by atoms with van der Waals surface area (Å²) in [6.45, 7) is 0.161. The molecule has 0 bridgehead atoms. The van der Waals surface area contributed by atoms with E-state index in [1.807, 2.05) is 0 Å². The molecule has 0 radical (unpaired) electrons. The molecule has 1 atom stereocenters. The van der Waals surface area contributed by atoms with Crippen molar-refractivity contribution in [1.82, 2.24) is 20.2 Å². The van der Waals surface area contributed by atoms with Gasteiger partial charge in [-0.25, -0.2) is 27.5 Å². The van der Waals surface area contributed by atoms with Crippen LogP contribution in [0.3, 0.4) is 0 Å². The Morgan fingerprint density at radius 1 is 1.17 bits per heavy atom. The minimum atomic E-state index is -2.82. The van der Waals surface area contributed by atoms with Crippen LogP contribution in [0.15, 0.2) is 30.6 Å². The van der Waals surface area contributed by atoms with E-state index in [4.69, 9.17) is 23.2 Å². The standard InChI is InChI=1S/C19H18Cl2F4N4O/c20-13-3-1-2-12(15(13)21)18(30)28-10-14(29-6-4-19(24,25)5-7-29)11-8-26-17(16(22)23)27-9-11/h1-3,8-9,14,16H,4-7,10H2,(H,28,30). The van der Waals surface area contributed by atoms with Gasteiger partial charge in [-0.1, -0.05) is 29.3 Å². The first-order valence-corrected chi connectivity index (χ1v) is 9.87. The van der Waals surface area contributed by atoms with Gasteiger partial charge in [-0.2, -0.15) is 0 Å². The van der Waals surface area contributed by atoms with Gasteiger partial charge in [0.25, 0.3) is 18.3 Å². The Balaban J connectivity index is 1.79. The van der Waals surface area contributed by atoms with E-state index in [-0.39, 0.29) is 48.1 Å². The molecular weight excluding hydrogens is 447 g/mol. The van der Waals surface area contributed by atoms with Gasteiger partial charge in [0, 0.05) is 50.4 Å². The number of piperidine rings is 1. The van der Waals surface area contributed by atoms with E-state index in [2.05, 4.69) is 15.3 Å². The summed E-state index contributed by atoms with van der Waals surface area (Å²) in [7, 11) is 0. The molecule has 0 aliphatic carbocycles. The highest BCUT2D eigenvalue weighted by Crippen LogP contribution is 2.32. The summed E-state index contributed by atoms with van der Waals surface area (Å²) < 4.78 is 52.6. The smallest absolute Gasteiger partial charge is 0.297 e. The average Bonchev–Trinajstić information content (AvgIpc) is 2.71. The monoisotopic (exact) mass is 464 g/mol. The second-order valence-corrected chi connectivity index (χ2v) is 7.68. The number of amides is 1. The maximum Gasteiger partial charge on any atom is 0.297 e. The molecule has 3 rings (SSSR count). The lowest BCUT2D eigenvalue weighted by Crippen LogP contribution is -2.45. The molecule has 1 aromatic carbocycles. The Hall–Kier alpha value is -1.97. The third-order valence-electron chi connectivity index (χ3n) is 4.89. The van der Waals surface area contributed by atoms with Gasteiger partial charge in [0.2, 0.25) is 0 Å². The van der Waals surface area contributed by atoms with Crippen molar-refractivity contribution in [3.8, 4) is 0 Å². The van der Waals surface area contributed by atoms with Gasteiger partial charge in [0.05, 0.1) is 21.7 Å². The van der Waals surface area contributed by atoms with E-state index in [1.54, 1.807) is 17.0 Å². The van der Waals surface area contributed by atoms with Crippen molar-refractivity contribution in [3.63, 3.8) is 0 Å². The molecule has 1 aromatic heterocycles. The zero-order chi connectivity index (χ0) is 21.9. The number of aromatic nitrogens is 2. The van der Waals surface area contributed by atoms with Crippen LogP contribution in [0, 0.1) is 0 Å². The van der Waals surface area contributed by atoms with Crippen molar-refractivity contribution >= 4 is 29.1 Å². The summed E-state index contributed by atoms with van der Waals surface area (Å²) >= 11 is 12.0. The fourth-order valence-corrected chi connectivity index (χ4v) is 3.60. The highest BCUT2D eigenvalue weighted by Gasteiger charge is 2.37. The molecule has 0 saturated carbocycles. The summed E-state index contributed by atoms with van der Waals surface area (Å²) in [5.74, 6) is -3.88. The number of benzene rings is 1. The molecule has 1 aliphatic heterocycles. The van der Waals surface area contributed by atoms with Gasteiger partial charge >= 0.3 is 0 Å². The molecule has 1 N–H and O–H groups in total. The second kappa shape index (κ2) is 9.45. The molecule has 1 unspecified atom stereocenters. The van der Waals surface area contributed by atoms with Crippen LogP contribution in [0.1, 0.15) is 47.1 Å². The molecule has 1 aliphatic rings. The van der Waals surface area contributed by atoms with Crippen LogP contribution in [-0.2, 0) is 0 Å². The van der Waals surface area contributed by atoms with Crippen molar-refractivity contribution in [1.29, 1.82) is 0 Å². The number of hydrogen-bond donors (Lipinski definition) is 1. The number of carbonyl (C=O) groups excluding carboxylic acids is 1. The molecule has 5 nitrogen and oxygen atoms in total. The first-order valence-electron chi connectivity index (χ1n) is 9.12. The van der Waals surface area contributed by atoms with Crippen LogP contribution in [-0.4, -0.2) is 46.3 Å².